The van der Waals surface area contributed by atoms with Crippen molar-refractivity contribution in [2.24, 2.45) is 0 Å². The molecule has 3 aromatic carbocycles. The van der Waals surface area contributed by atoms with Gasteiger partial charge in [-0.2, -0.15) is 0 Å². The number of rotatable bonds is 10. The number of likely N-dealkylation sites (N-methyl/N-ethyl adjacent to an activating group) is 3. The van der Waals surface area contributed by atoms with Crippen LogP contribution in [0.5, 0.6) is 0 Å². The van der Waals surface area contributed by atoms with Gasteiger partial charge < -0.3 is 16.4 Å². The van der Waals surface area contributed by atoms with E-state index in [1.807, 2.05) is 30.3 Å². The third kappa shape index (κ3) is 11.6. The number of hydrogen-bond acceptors (Lipinski definition) is 18. The minimum absolute atomic E-state index is 0.00895. The van der Waals surface area contributed by atoms with Gasteiger partial charge in [0.25, 0.3) is 0 Å². The Morgan fingerprint density at radius 2 is 0.977 bits per heavy atom. The van der Waals surface area contributed by atoms with Gasteiger partial charge in [0.15, 0.2) is 17.5 Å². The standard InChI is InChI=1S/C22H23FN4S2.C22H21FN4S2.C15H17ClN2S.C7H5FN2S/c2*1-4-27-10-8-14(22(27,2)3)18-11-13-15(7-9-24-21(13)29-18)26-16-5-6-17-20(19(16)23)25-12-28-17;1-4-18-8-6-11(15(18,2)3)13-9-10-12(16)5-7-17-14(10)19-13;8-6-4(9)1-2-5-7(6)10-3-11-5/h5-7,9,11-12,14H,4,8,10H2,1-3H3,(H,24,26);5-9,11-12H,4,10H2,1-3H3,(H,24,26);5-7,9H,4,8H2,1-3H3;1-3H,9H2. The second-order valence-electron chi connectivity index (χ2n) is 23.2. The molecule has 22 heteroatoms. The van der Waals surface area contributed by atoms with Gasteiger partial charge in [0.1, 0.15) is 31.0 Å². The SMILES string of the molecule is CCN1CC=C(c2cc3c(Cl)ccnc3s2)C1(C)C.CCN1CC=C(c2cc3c(Nc4ccc5scnc5c4F)ccnc3s2)C1(C)C.CCN1CCC(c2cc3c(Nc4ccc5scnc5c4F)ccnc3s2)C1(C)C.Nc1ccc2scnc2c1F. The number of nitrogens with one attached hydrogen (secondary N) is 2. The zero-order valence-corrected chi connectivity index (χ0v) is 55.8. The Kier molecular flexibility index (Phi) is 17.6. The van der Waals surface area contributed by atoms with E-state index in [0.29, 0.717) is 33.8 Å². The quantitative estimate of drug-likeness (QED) is 0.112. The zero-order valence-electron chi connectivity index (χ0n) is 50.1. The van der Waals surface area contributed by atoms with Crippen molar-refractivity contribution in [3.05, 3.63) is 157 Å². The van der Waals surface area contributed by atoms with Crippen LogP contribution in [0.4, 0.5) is 41.6 Å². The van der Waals surface area contributed by atoms with E-state index in [0.717, 1.165) is 107 Å². The predicted molar refractivity (Wildman–Crippen MR) is 371 cm³/mol. The zero-order chi connectivity index (χ0) is 61.8. The van der Waals surface area contributed by atoms with Crippen LogP contribution in [0.2, 0.25) is 5.02 Å². The van der Waals surface area contributed by atoms with Crippen molar-refractivity contribution < 1.29 is 13.2 Å². The Labute approximate surface area is 538 Å². The first-order valence-electron chi connectivity index (χ1n) is 29.1. The predicted octanol–water partition coefficient (Wildman–Crippen LogP) is 19.1. The highest BCUT2D eigenvalue weighted by atomic mass is 35.5. The van der Waals surface area contributed by atoms with Crippen molar-refractivity contribution in [3.8, 4) is 0 Å². The second-order valence-corrected chi connectivity index (χ2v) is 29.4. The summed E-state index contributed by atoms with van der Waals surface area (Å²) < 4.78 is 45.3. The molecule has 3 aliphatic heterocycles. The molecule has 1 atom stereocenters. The fourth-order valence-electron chi connectivity index (χ4n) is 12.4. The number of pyridine rings is 3. The average molecular weight is 1310 g/mol. The smallest absolute Gasteiger partial charge is 0.173 e. The number of nitrogens with two attached hydrogens (primary N) is 1. The molecule has 4 N–H and O–H groups in total. The molecule has 1 unspecified atom stereocenters. The number of nitrogen functional groups attached to an aromatic ring is 1. The van der Waals surface area contributed by atoms with E-state index in [4.69, 9.17) is 17.3 Å². The number of halogens is 4. The van der Waals surface area contributed by atoms with Gasteiger partial charge in [-0.25, -0.2) is 43.1 Å². The summed E-state index contributed by atoms with van der Waals surface area (Å²) in [5, 5.41) is 10.5. The Balaban J connectivity index is 0.000000120. The minimum atomic E-state index is -0.413. The van der Waals surface area contributed by atoms with Crippen molar-refractivity contribution >= 4 is 181 Å². The Hall–Kier alpha value is -6.50. The molecule has 0 spiro atoms. The number of hydrogen-bond donors (Lipinski definition) is 3. The molecule has 1 saturated heterocycles. The summed E-state index contributed by atoms with van der Waals surface area (Å²) >= 11 is 15.7. The monoisotopic (exact) mass is 1310 g/mol. The minimum Gasteiger partial charge on any atom is -0.396 e. The van der Waals surface area contributed by atoms with Crippen LogP contribution in [0.25, 0.3) is 72.4 Å². The molecule has 15 rings (SSSR count). The van der Waals surface area contributed by atoms with Crippen LogP contribution in [0, 0.1) is 17.5 Å². The number of fused-ring (bicyclic) bond motifs is 6. The fourth-order valence-corrected chi connectivity index (χ4v) is 18.5. The highest BCUT2D eigenvalue weighted by Crippen LogP contribution is 2.48. The molecule has 0 bridgehead atoms. The molecule has 454 valence electrons. The van der Waals surface area contributed by atoms with Crippen molar-refractivity contribution in [2.75, 3.05) is 55.6 Å². The summed E-state index contributed by atoms with van der Waals surface area (Å²) in [6, 6.07) is 23.0. The van der Waals surface area contributed by atoms with Gasteiger partial charge >= 0.3 is 0 Å². The van der Waals surface area contributed by atoms with Gasteiger partial charge in [0.2, 0.25) is 0 Å². The summed E-state index contributed by atoms with van der Waals surface area (Å²) in [5.41, 5.74) is 17.2. The maximum atomic E-state index is 14.9. The molecule has 0 saturated carbocycles. The Bertz CT molecular complexity index is 4610. The van der Waals surface area contributed by atoms with Gasteiger partial charge in [-0.1, -0.05) is 44.5 Å². The third-order valence-electron chi connectivity index (χ3n) is 17.5. The lowest BCUT2D eigenvalue weighted by molar-refractivity contribution is 0.171. The first-order chi connectivity index (χ1) is 42.3. The van der Waals surface area contributed by atoms with Crippen LogP contribution < -0.4 is 16.4 Å². The van der Waals surface area contributed by atoms with Gasteiger partial charge in [-0.05, 0) is 158 Å². The van der Waals surface area contributed by atoms with Crippen molar-refractivity contribution in [3.63, 3.8) is 0 Å². The Morgan fingerprint density at radius 3 is 1.45 bits per heavy atom. The molecule has 12 nitrogen and oxygen atoms in total. The van der Waals surface area contributed by atoms with E-state index in [9.17, 15) is 13.2 Å². The maximum absolute atomic E-state index is 14.9. The average Bonchev–Trinajstić information content (AvgIpc) is 2.11. The first-order valence-corrected chi connectivity index (χ1v) is 34.6. The largest absolute Gasteiger partial charge is 0.396 e. The maximum Gasteiger partial charge on any atom is 0.173 e. The highest BCUT2D eigenvalue weighted by Gasteiger charge is 2.42. The second kappa shape index (κ2) is 25.1. The molecule has 12 heterocycles. The topological polar surface area (TPSA) is 137 Å². The molecule has 1 fully saturated rings. The van der Waals surface area contributed by atoms with Crippen LogP contribution in [0.15, 0.2) is 120 Å². The lowest BCUT2D eigenvalue weighted by atomic mass is 9.87. The van der Waals surface area contributed by atoms with E-state index >= 15 is 0 Å². The van der Waals surface area contributed by atoms with Crippen LogP contribution in [-0.4, -0.2) is 100 Å². The molecule has 88 heavy (non-hydrogen) atoms. The summed E-state index contributed by atoms with van der Waals surface area (Å²) in [6.07, 6.45) is 11.2. The molecule has 9 aromatic heterocycles. The number of thiazole rings is 3. The lowest BCUT2D eigenvalue weighted by Gasteiger charge is -2.35. The number of benzene rings is 3. The number of nitrogens with zero attached hydrogens (tertiary/aromatic N) is 9. The number of anilines is 5. The number of thiophene rings is 3. The lowest BCUT2D eigenvalue weighted by Crippen LogP contribution is -2.41. The Morgan fingerprint density at radius 1 is 0.534 bits per heavy atom. The van der Waals surface area contributed by atoms with E-state index in [-0.39, 0.29) is 33.9 Å². The first kappa shape index (κ1) is 61.7. The normalized spacial score (nSPS) is 17.3. The molecule has 0 aliphatic carbocycles. The van der Waals surface area contributed by atoms with E-state index in [1.54, 1.807) is 93.4 Å². The summed E-state index contributed by atoms with van der Waals surface area (Å²) in [5.74, 6) is -0.552. The van der Waals surface area contributed by atoms with Crippen molar-refractivity contribution in [1.29, 1.82) is 0 Å². The van der Waals surface area contributed by atoms with Crippen molar-refractivity contribution in [2.45, 2.75) is 91.3 Å². The summed E-state index contributed by atoms with van der Waals surface area (Å²) in [4.78, 5) is 40.0. The highest BCUT2D eigenvalue weighted by molar-refractivity contribution is 7.20. The molecule has 3 aliphatic rings. The molecular formula is C66H66ClF3N12S6. The molecule has 12 aromatic rings. The number of likely N-dealkylation sites (tertiary alicyclic amines) is 1. The van der Waals surface area contributed by atoms with E-state index in [2.05, 4.69) is 148 Å². The fraction of sp³-hybridized carbons (Fsp3) is 0.303. The molecule has 0 radical (unpaired) electrons. The van der Waals surface area contributed by atoms with E-state index < -0.39 is 5.82 Å². The molecular weight excluding hydrogens is 1250 g/mol. The summed E-state index contributed by atoms with van der Waals surface area (Å²) in [7, 11) is 0. The van der Waals surface area contributed by atoms with Crippen LogP contribution in [0.3, 0.4) is 0 Å². The van der Waals surface area contributed by atoms with Gasteiger partial charge in [0.05, 0.1) is 64.1 Å². The summed E-state index contributed by atoms with van der Waals surface area (Å²) in [6.45, 7) is 26.7. The number of aromatic nitrogens is 6. The molecule has 0 amide bonds. The third-order valence-corrected chi connectivity index (χ3v) is 23.5. The van der Waals surface area contributed by atoms with Gasteiger partial charge in [0, 0.05) is 85.0 Å². The van der Waals surface area contributed by atoms with Crippen LogP contribution in [-0.2, 0) is 0 Å². The van der Waals surface area contributed by atoms with E-state index in [1.165, 1.54) is 59.8 Å². The van der Waals surface area contributed by atoms with Crippen molar-refractivity contribution in [1.82, 2.24) is 44.6 Å². The van der Waals surface area contributed by atoms with Gasteiger partial charge in [-0.15, -0.1) is 68.0 Å². The van der Waals surface area contributed by atoms with Crippen LogP contribution >= 0.6 is 79.6 Å². The van der Waals surface area contributed by atoms with Crippen LogP contribution in [0.1, 0.15) is 89.3 Å². The van der Waals surface area contributed by atoms with Gasteiger partial charge in [-0.3, -0.25) is 14.7 Å².